The third kappa shape index (κ3) is 23.0. The number of carbonyl (C=O) groups is 7. The zero-order valence-corrected chi connectivity index (χ0v) is 37.5. The number of benzene rings is 1. The van der Waals surface area contributed by atoms with Gasteiger partial charge in [-0.3, -0.25) is 45.0 Å². The molecule has 0 bridgehead atoms. The van der Waals surface area contributed by atoms with Crippen LogP contribution in [0.2, 0.25) is 0 Å². The van der Waals surface area contributed by atoms with Crippen LogP contribution >= 0.6 is 0 Å². The van der Waals surface area contributed by atoms with Crippen molar-refractivity contribution >= 4 is 59.3 Å². The number of carboxylic acid groups (broad SMARTS) is 1. The second-order valence-corrected chi connectivity index (χ2v) is 16.0. The van der Waals surface area contributed by atoms with Crippen LogP contribution < -0.4 is 65.1 Å². The van der Waals surface area contributed by atoms with Gasteiger partial charge in [0.15, 0.2) is 17.9 Å². The van der Waals surface area contributed by atoms with Crippen LogP contribution in [0.1, 0.15) is 91.5 Å². The Morgan fingerprint density at radius 3 is 1.41 bits per heavy atom. The predicted molar refractivity (Wildman–Crippen MR) is 241 cm³/mol. The van der Waals surface area contributed by atoms with Gasteiger partial charge in [-0.15, -0.1) is 0 Å². The molecule has 0 heterocycles. The largest absolute Gasteiger partial charge is 0.480 e. The number of carbonyl (C=O) groups excluding carboxylic acids is 6. The van der Waals surface area contributed by atoms with Crippen molar-refractivity contribution in [2.75, 3.05) is 19.6 Å². The highest BCUT2D eigenvalue weighted by molar-refractivity contribution is 5.97. The standard InChI is InChI=1S/C41H71N15O8/c1-6-24(4)32(37(62)54-29(38(63)64)17-12-20-50-41(46)47)56-34(59)28(16-11-19-49-40(44)45)52-33(58)27(15-10-18-48-39(42)43)53-35(60)30(21-23(2)3)55-36(61)31(51-25(5)57)22-26-13-8-7-9-14-26/h7-9,13-14,23-24,27-32H,6,10-12,15-22H2,1-5H3,(H,51,57)(H,52,58)(H,53,60)(H,54,62)(H,55,61)(H,56,59)(H,63,64)(H4,42,43,48)(H4,44,45,49)(H4,46,47,50)/t24-,27-,28-,29-,30-,31-,32-/m0/s1. The summed E-state index contributed by atoms with van der Waals surface area (Å²) in [7, 11) is 0. The molecule has 1 aromatic rings. The van der Waals surface area contributed by atoms with Gasteiger partial charge >= 0.3 is 5.97 Å². The average molecular weight is 902 g/mol. The quantitative estimate of drug-likeness (QED) is 0.0229. The van der Waals surface area contributed by atoms with Crippen molar-refractivity contribution in [2.24, 2.45) is 29.0 Å². The lowest BCUT2D eigenvalue weighted by molar-refractivity contribution is -0.143. The molecule has 0 spiro atoms. The molecule has 0 unspecified atom stereocenters. The highest BCUT2D eigenvalue weighted by Gasteiger charge is 2.35. The number of hydrogen-bond donors (Lipinski definition) is 16. The first kappa shape index (κ1) is 55.3. The third-order valence-corrected chi connectivity index (χ3v) is 9.95. The first-order valence-corrected chi connectivity index (χ1v) is 21.4. The lowest BCUT2D eigenvalue weighted by atomic mass is 9.96. The average Bonchev–Trinajstić information content (AvgIpc) is 3.21. The van der Waals surface area contributed by atoms with Gasteiger partial charge in [0.2, 0.25) is 35.4 Å². The van der Waals surface area contributed by atoms with E-state index in [2.05, 4.69) is 47.9 Å². The summed E-state index contributed by atoms with van der Waals surface area (Å²) in [6, 6.07) is 1.64. The number of guanidine groups is 3. The highest BCUT2D eigenvalue weighted by Crippen LogP contribution is 2.13. The summed E-state index contributed by atoms with van der Waals surface area (Å²) < 4.78 is 0. The molecule has 0 fully saturated rings. The van der Waals surface area contributed by atoms with E-state index >= 15 is 0 Å². The molecule has 1 rings (SSSR count). The van der Waals surface area contributed by atoms with Crippen molar-refractivity contribution < 1.29 is 38.7 Å². The van der Waals surface area contributed by atoms with E-state index in [-0.39, 0.29) is 94.8 Å². The Kier molecular flexibility index (Phi) is 25.6. The van der Waals surface area contributed by atoms with E-state index in [9.17, 15) is 38.7 Å². The van der Waals surface area contributed by atoms with Crippen molar-refractivity contribution in [3.63, 3.8) is 0 Å². The van der Waals surface area contributed by atoms with E-state index in [1.165, 1.54) is 6.92 Å². The maximum Gasteiger partial charge on any atom is 0.326 e. The normalized spacial score (nSPS) is 14.1. The van der Waals surface area contributed by atoms with Crippen molar-refractivity contribution in [1.82, 2.24) is 47.9 Å². The van der Waals surface area contributed by atoms with E-state index in [1.54, 1.807) is 38.1 Å². The number of hydrogen-bond acceptors (Lipinski definition) is 10. The Bertz CT molecular complexity index is 1730. The van der Waals surface area contributed by atoms with Gasteiger partial charge in [-0.05, 0) is 62.3 Å². The Hall–Kier alpha value is -6.68. The van der Waals surface area contributed by atoms with Crippen LogP contribution in [-0.4, -0.2) is 120 Å². The molecule has 0 saturated carbocycles. The molecular formula is C41H71N15O8. The number of aliphatic carboxylic acids is 1. The molecule has 0 saturated heterocycles. The molecule has 7 atom stereocenters. The van der Waals surface area contributed by atoms with Crippen molar-refractivity contribution in [2.45, 2.75) is 129 Å². The van der Waals surface area contributed by atoms with Gasteiger partial charge in [0.25, 0.3) is 0 Å². The molecular weight excluding hydrogens is 831 g/mol. The Balaban J connectivity index is 3.47. The van der Waals surface area contributed by atoms with E-state index in [4.69, 9.17) is 33.4 Å². The zero-order chi connectivity index (χ0) is 48.4. The molecule has 0 radical (unpaired) electrons. The minimum absolute atomic E-state index is 0.00925. The van der Waals surface area contributed by atoms with E-state index in [1.807, 2.05) is 19.9 Å². The maximum absolute atomic E-state index is 14.2. The Morgan fingerprint density at radius 1 is 0.578 bits per heavy atom. The number of carboxylic acids is 1. The van der Waals surface area contributed by atoms with Crippen LogP contribution in [0.5, 0.6) is 0 Å². The molecule has 0 aliphatic heterocycles. The Morgan fingerprint density at radius 2 is 0.984 bits per heavy atom. The van der Waals surface area contributed by atoms with E-state index < -0.39 is 83.6 Å². The first-order chi connectivity index (χ1) is 30.1. The number of nitrogens with two attached hydrogens (primary N) is 3. The van der Waals surface area contributed by atoms with Gasteiger partial charge in [0.05, 0.1) is 0 Å². The highest BCUT2D eigenvalue weighted by atomic mass is 16.4. The predicted octanol–water partition coefficient (Wildman–Crippen LogP) is -1.88. The molecule has 1 aromatic carbocycles. The summed E-state index contributed by atoms with van der Waals surface area (Å²) in [5, 5.41) is 55.9. The summed E-state index contributed by atoms with van der Waals surface area (Å²) in [5.41, 5.74) is 16.9. The lowest BCUT2D eigenvalue weighted by Gasteiger charge is -2.29. The summed E-state index contributed by atoms with van der Waals surface area (Å²) in [6.07, 6.45) is 1.30. The van der Waals surface area contributed by atoms with Gasteiger partial charge in [-0.1, -0.05) is 64.4 Å². The van der Waals surface area contributed by atoms with Crippen molar-refractivity contribution in [3.05, 3.63) is 35.9 Å². The van der Waals surface area contributed by atoms with Crippen LogP contribution in [-0.2, 0) is 40.0 Å². The second kappa shape index (κ2) is 29.6. The van der Waals surface area contributed by atoms with Gasteiger partial charge in [-0.25, -0.2) is 4.79 Å². The number of rotatable bonds is 30. The lowest BCUT2D eigenvalue weighted by Crippen LogP contribution is -2.60. The van der Waals surface area contributed by atoms with Gasteiger partial charge in [-0.2, -0.15) is 0 Å². The van der Waals surface area contributed by atoms with E-state index in [0.717, 1.165) is 5.56 Å². The summed E-state index contributed by atoms with van der Waals surface area (Å²) in [4.78, 5) is 93.8. The van der Waals surface area contributed by atoms with Crippen LogP contribution in [0, 0.1) is 28.1 Å². The fourth-order valence-electron chi connectivity index (χ4n) is 6.42. The summed E-state index contributed by atoms with van der Waals surface area (Å²) >= 11 is 0. The first-order valence-electron chi connectivity index (χ1n) is 21.4. The van der Waals surface area contributed by atoms with Crippen LogP contribution in [0.25, 0.3) is 0 Å². The topological polar surface area (TPSA) is 398 Å². The number of nitrogens with one attached hydrogen (secondary N) is 12. The fourth-order valence-corrected chi connectivity index (χ4v) is 6.42. The zero-order valence-electron chi connectivity index (χ0n) is 37.5. The third-order valence-electron chi connectivity index (χ3n) is 9.95. The molecule has 0 aromatic heterocycles. The maximum atomic E-state index is 14.2. The fraction of sp³-hybridized carbons (Fsp3) is 0.610. The molecule has 0 aliphatic carbocycles. The summed E-state index contributed by atoms with van der Waals surface area (Å²) in [5.74, 6) is -7.00. The molecule has 23 heteroatoms. The monoisotopic (exact) mass is 902 g/mol. The van der Waals surface area contributed by atoms with E-state index in [0.29, 0.717) is 6.42 Å². The number of amides is 6. The van der Waals surface area contributed by atoms with Crippen LogP contribution in [0.3, 0.4) is 0 Å². The summed E-state index contributed by atoms with van der Waals surface area (Å²) in [6.45, 7) is 8.90. The molecule has 0 aliphatic rings. The molecule has 64 heavy (non-hydrogen) atoms. The minimum Gasteiger partial charge on any atom is -0.480 e. The van der Waals surface area contributed by atoms with Gasteiger partial charge in [0, 0.05) is 33.0 Å². The molecule has 6 amide bonds. The van der Waals surface area contributed by atoms with Crippen molar-refractivity contribution in [1.29, 1.82) is 16.2 Å². The second-order valence-electron chi connectivity index (χ2n) is 16.0. The van der Waals surface area contributed by atoms with Crippen LogP contribution in [0.15, 0.2) is 30.3 Å². The smallest absolute Gasteiger partial charge is 0.326 e. The SMILES string of the molecule is CC[C@H](C)[C@H](NC(=O)[C@H](CCCNC(=N)N)NC(=O)[C@H](CCCNC(=N)N)NC(=O)[C@H](CC(C)C)NC(=O)[C@H](Cc1ccccc1)NC(C)=O)C(=O)N[C@@H](CCCNC(=N)N)C(=O)O. The minimum atomic E-state index is -1.33. The molecule has 358 valence electrons. The van der Waals surface area contributed by atoms with Gasteiger partial charge in [0.1, 0.15) is 36.3 Å². The molecule has 23 nitrogen and oxygen atoms in total. The Labute approximate surface area is 374 Å². The van der Waals surface area contributed by atoms with Crippen LogP contribution in [0.4, 0.5) is 0 Å². The van der Waals surface area contributed by atoms with Crippen molar-refractivity contribution in [3.8, 4) is 0 Å². The van der Waals surface area contributed by atoms with Gasteiger partial charge < -0.3 is 70.2 Å². The molecule has 19 N–H and O–H groups in total.